The molecule has 16 heavy (non-hydrogen) atoms. The van der Waals surface area contributed by atoms with Gasteiger partial charge in [0.1, 0.15) is 5.82 Å². The minimum Gasteiger partial charge on any atom is -0.381 e. The van der Waals surface area contributed by atoms with Crippen molar-refractivity contribution in [1.82, 2.24) is 4.98 Å². The minimum absolute atomic E-state index is 0.423. The monoisotopic (exact) mass is 284 g/mol. The van der Waals surface area contributed by atoms with Crippen LogP contribution in [0.2, 0.25) is 0 Å². The Hall–Kier alpha value is -0.610. The number of halogens is 1. The predicted molar refractivity (Wildman–Crippen MR) is 68.9 cm³/mol. The second-order valence-electron chi connectivity index (χ2n) is 4.22. The predicted octanol–water partition coefficient (Wildman–Crippen LogP) is 2.77. The summed E-state index contributed by atoms with van der Waals surface area (Å²) in [7, 11) is 1.80. The number of aromatic nitrogens is 1. The highest BCUT2D eigenvalue weighted by molar-refractivity contribution is 9.10. The van der Waals surface area contributed by atoms with E-state index in [1.165, 1.54) is 5.56 Å². The zero-order valence-electron chi connectivity index (χ0n) is 9.74. The summed E-state index contributed by atoms with van der Waals surface area (Å²) in [6.07, 6.45) is 4.47. The van der Waals surface area contributed by atoms with Crippen molar-refractivity contribution in [2.24, 2.45) is 0 Å². The number of aryl methyl sites for hydroxylation is 1. The molecule has 1 saturated heterocycles. The summed E-state index contributed by atoms with van der Waals surface area (Å²) < 4.78 is 6.41. The Morgan fingerprint density at radius 2 is 2.12 bits per heavy atom. The number of anilines is 1. The first-order chi connectivity index (χ1) is 7.70. The van der Waals surface area contributed by atoms with Crippen molar-refractivity contribution >= 4 is 21.7 Å². The van der Waals surface area contributed by atoms with Gasteiger partial charge in [0, 0.05) is 30.9 Å². The third-order valence-corrected chi connectivity index (χ3v) is 3.53. The smallest absolute Gasteiger partial charge is 0.131 e. The SMILES string of the molecule is COC1CCN(c2ncc(Br)cc2C)CC1. The lowest BCUT2D eigenvalue weighted by Gasteiger charge is -2.32. The first kappa shape index (κ1) is 11.9. The van der Waals surface area contributed by atoms with Crippen LogP contribution in [0, 0.1) is 6.92 Å². The quantitative estimate of drug-likeness (QED) is 0.835. The van der Waals surface area contributed by atoms with E-state index in [4.69, 9.17) is 4.74 Å². The number of rotatable bonds is 2. The van der Waals surface area contributed by atoms with Crippen LogP contribution in [0.3, 0.4) is 0 Å². The Bertz CT molecular complexity index is 362. The van der Waals surface area contributed by atoms with Crippen LogP contribution in [-0.4, -0.2) is 31.3 Å². The number of pyridine rings is 1. The van der Waals surface area contributed by atoms with Gasteiger partial charge in [0.15, 0.2) is 0 Å². The molecule has 1 aromatic rings. The van der Waals surface area contributed by atoms with Crippen LogP contribution >= 0.6 is 15.9 Å². The average Bonchev–Trinajstić information content (AvgIpc) is 2.29. The van der Waals surface area contributed by atoms with E-state index in [2.05, 4.69) is 38.8 Å². The van der Waals surface area contributed by atoms with Crippen molar-refractivity contribution in [1.29, 1.82) is 0 Å². The van der Waals surface area contributed by atoms with Crippen LogP contribution in [0.4, 0.5) is 5.82 Å². The van der Waals surface area contributed by atoms with Gasteiger partial charge in [0.25, 0.3) is 0 Å². The topological polar surface area (TPSA) is 25.4 Å². The van der Waals surface area contributed by atoms with Gasteiger partial charge in [-0.05, 0) is 47.3 Å². The molecule has 3 nitrogen and oxygen atoms in total. The Labute approximate surface area is 105 Å². The fraction of sp³-hybridized carbons (Fsp3) is 0.583. The molecule has 0 spiro atoms. The number of hydrogen-bond donors (Lipinski definition) is 0. The molecule has 0 aliphatic carbocycles. The van der Waals surface area contributed by atoms with Gasteiger partial charge >= 0.3 is 0 Å². The minimum atomic E-state index is 0.423. The standard InChI is InChI=1S/C12H17BrN2O/c1-9-7-10(13)8-14-12(9)15-5-3-11(16-2)4-6-15/h7-8,11H,3-6H2,1-2H3. The fourth-order valence-corrected chi connectivity index (χ4v) is 2.61. The van der Waals surface area contributed by atoms with Crippen LogP contribution in [0.15, 0.2) is 16.7 Å². The molecule has 2 rings (SSSR count). The lowest BCUT2D eigenvalue weighted by molar-refractivity contribution is 0.0818. The molecule has 0 atom stereocenters. The maximum Gasteiger partial charge on any atom is 0.131 e. The molecular weight excluding hydrogens is 268 g/mol. The molecule has 1 fully saturated rings. The van der Waals surface area contributed by atoms with E-state index in [-0.39, 0.29) is 0 Å². The largest absolute Gasteiger partial charge is 0.381 e. The van der Waals surface area contributed by atoms with Gasteiger partial charge in [-0.2, -0.15) is 0 Å². The first-order valence-corrected chi connectivity index (χ1v) is 6.40. The van der Waals surface area contributed by atoms with Gasteiger partial charge in [-0.15, -0.1) is 0 Å². The number of ether oxygens (including phenoxy) is 1. The average molecular weight is 285 g/mol. The molecule has 4 heteroatoms. The lowest BCUT2D eigenvalue weighted by Crippen LogP contribution is -2.37. The van der Waals surface area contributed by atoms with Crippen molar-refractivity contribution in [2.45, 2.75) is 25.9 Å². The second kappa shape index (κ2) is 5.15. The third kappa shape index (κ3) is 2.55. The van der Waals surface area contributed by atoms with Gasteiger partial charge in [-0.25, -0.2) is 4.98 Å². The fourth-order valence-electron chi connectivity index (χ4n) is 2.17. The third-order valence-electron chi connectivity index (χ3n) is 3.09. The molecule has 0 radical (unpaired) electrons. The van der Waals surface area contributed by atoms with Gasteiger partial charge < -0.3 is 9.64 Å². The van der Waals surface area contributed by atoms with Gasteiger partial charge in [0.05, 0.1) is 6.10 Å². The molecule has 0 N–H and O–H groups in total. The summed E-state index contributed by atoms with van der Waals surface area (Å²) in [6.45, 7) is 4.18. The van der Waals surface area contributed by atoms with Crippen molar-refractivity contribution in [3.05, 3.63) is 22.3 Å². The van der Waals surface area contributed by atoms with Crippen molar-refractivity contribution in [2.75, 3.05) is 25.1 Å². The molecular formula is C12H17BrN2O. The molecule has 1 aliphatic rings. The zero-order chi connectivity index (χ0) is 11.5. The molecule has 0 saturated carbocycles. The maximum absolute atomic E-state index is 5.37. The molecule has 1 aliphatic heterocycles. The van der Waals surface area contributed by atoms with Crippen molar-refractivity contribution in [3.63, 3.8) is 0 Å². The molecule has 1 aromatic heterocycles. The Balaban J connectivity index is 2.08. The number of piperidine rings is 1. The number of hydrogen-bond acceptors (Lipinski definition) is 3. The van der Waals surface area contributed by atoms with Crippen LogP contribution in [-0.2, 0) is 4.74 Å². The van der Waals surface area contributed by atoms with E-state index < -0.39 is 0 Å². The van der Waals surface area contributed by atoms with Crippen molar-refractivity contribution < 1.29 is 4.74 Å². The highest BCUT2D eigenvalue weighted by Crippen LogP contribution is 2.24. The van der Waals surface area contributed by atoms with E-state index in [0.717, 1.165) is 36.2 Å². The number of methoxy groups -OCH3 is 1. The highest BCUT2D eigenvalue weighted by Gasteiger charge is 2.20. The lowest BCUT2D eigenvalue weighted by atomic mass is 10.1. The summed E-state index contributed by atoms with van der Waals surface area (Å²) in [5.41, 5.74) is 1.23. The number of nitrogens with zero attached hydrogens (tertiary/aromatic N) is 2. The summed E-state index contributed by atoms with van der Waals surface area (Å²) in [6, 6.07) is 2.12. The summed E-state index contributed by atoms with van der Waals surface area (Å²) in [5, 5.41) is 0. The molecule has 0 aromatic carbocycles. The summed E-state index contributed by atoms with van der Waals surface area (Å²) in [5.74, 6) is 1.11. The molecule has 0 amide bonds. The van der Waals surface area contributed by atoms with E-state index in [1.807, 2.05) is 6.20 Å². The summed E-state index contributed by atoms with van der Waals surface area (Å²) in [4.78, 5) is 6.84. The van der Waals surface area contributed by atoms with Crippen LogP contribution < -0.4 is 4.90 Å². The van der Waals surface area contributed by atoms with Crippen LogP contribution in [0.25, 0.3) is 0 Å². The van der Waals surface area contributed by atoms with Crippen LogP contribution in [0.5, 0.6) is 0 Å². The van der Waals surface area contributed by atoms with E-state index in [1.54, 1.807) is 7.11 Å². The van der Waals surface area contributed by atoms with Gasteiger partial charge in [-0.3, -0.25) is 0 Å². The van der Waals surface area contributed by atoms with E-state index in [0.29, 0.717) is 6.10 Å². The molecule has 2 heterocycles. The van der Waals surface area contributed by atoms with Crippen molar-refractivity contribution in [3.8, 4) is 0 Å². The normalized spacial score (nSPS) is 17.8. The zero-order valence-corrected chi connectivity index (χ0v) is 11.3. The Morgan fingerprint density at radius 1 is 1.44 bits per heavy atom. The molecule has 88 valence electrons. The van der Waals surface area contributed by atoms with Gasteiger partial charge in [-0.1, -0.05) is 0 Å². The highest BCUT2D eigenvalue weighted by atomic mass is 79.9. The summed E-state index contributed by atoms with van der Waals surface area (Å²) >= 11 is 3.44. The van der Waals surface area contributed by atoms with E-state index in [9.17, 15) is 0 Å². The first-order valence-electron chi connectivity index (χ1n) is 5.60. The second-order valence-corrected chi connectivity index (χ2v) is 5.13. The molecule has 0 bridgehead atoms. The maximum atomic E-state index is 5.37. The Kier molecular flexibility index (Phi) is 3.82. The van der Waals surface area contributed by atoms with Crippen LogP contribution in [0.1, 0.15) is 18.4 Å². The van der Waals surface area contributed by atoms with Gasteiger partial charge in [0.2, 0.25) is 0 Å². The Morgan fingerprint density at radius 3 is 2.69 bits per heavy atom. The van der Waals surface area contributed by atoms with E-state index >= 15 is 0 Å². The molecule has 0 unspecified atom stereocenters.